The molecule has 1 aromatic heterocycles. The number of nitrogens with zero attached hydrogens (tertiary/aromatic N) is 2. The van der Waals surface area contributed by atoms with Crippen molar-refractivity contribution >= 4 is 44.7 Å². The quantitative estimate of drug-likeness (QED) is 0.142. The maximum atomic E-state index is 14.8. The Kier molecular flexibility index (Phi) is 12.1. The van der Waals surface area contributed by atoms with E-state index in [4.69, 9.17) is 19.2 Å². The largest absolute Gasteiger partial charge is 0.497 e. The fraction of sp³-hybridized carbons (Fsp3) is 0.400. The molecule has 6 rings (SSSR count). The van der Waals surface area contributed by atoms with E-state index >= 15 is 0 Å². The van der Waals surface area contributed by atoms with Crippen LogP contribution in [0.1, 0.15) is 59.9 Å². The first-order valence-corrected chi connectivity index (χ1v) is 21.2. The molecule has 1 saturated heterocycles. The van der Waals surface area contributed by atoms with Crippen LogP contribution in [0.25, 0.3) is 22.2 Å². The highest BCUT2D eigenvalue weighted by molar-refractivity contribution is 7.90. The van der Waals surface area contributed by atoms with Gasteiger partial charge in [0.25, 0.3) is 15.9 Å². The molecule has 2 aliphatic rings. The predicted molar refractivity (Wildman–Crippen MR) is 227 cm³/mol. The Morgan fingerprint density at radius 2 is 1.65 bits per heavy atom. The first-order chi connectivity index (χ1) is 28.2. The molecule has 2 fully saturated rings. The summed E-state index contributed by atoms with van der Waals surface area (Å²) >= 11 is 0. The summed E-state index contributed by atoms with van der Waals surface area (Å²) in [6.07, 6.45) is -0.0217. The van der Waals surface area contributed by atoms with Gasteiger partial charge in [-0.25, -0.2) is 22.9 Å². The molecule has 1 aliphatic heterocycles. The Bertz CT molecular complexity index is 2430. The minimum absolute atomic E-state index is 0.0144. The van der Waals surface area contributed by atoms with Gasteiger partial charge in [0.05, 0.1) is 29.8 Å². The second kappa shape index (κ2) is 16.6. The summed E-state index contributed by atoms with van der Waals surface area (Å²) in [6, 6.07) is 20.6. The molecule has 318 valence electrons. The van der Waals surface area contributed by atoms with Crippen LogP contribution < -0.4 is 24.8 Å². The summed E-state index contributed by atoms with van der Waals surface area (Å²) in [7, 11) is -2.76. The number of hydrogen-bond acceptors (Lipinski definition) is 10. The van der Waals surface area contributed by atoms with Crippen LogP contribution in [0.2, 0.25) is 0 Å². The topological polar surface area (TPSA) is 182 Å². The Hall–Kier alpha value is -5.96. The van der Waals surface area contributed by atoms with Gasteiger partial charge in [0.15, 0.2) is 0 Å². The average Bonchev–Trinajstić information content (AvgIpc) is 3.74. The van der Waals surface area contributed by atoms with Crippen LogP contribution in [-0.4, -0.2) is 85.1 Å². The van der Waals surface area contributed by atoms with E-state index < -0.39 is 74.5 Å². The second-order valence-corrected chi connectivity index (χ2v) is 19.0. The Morgan fingerprint density at radius 1 is 0.967 bits per heavy atom. The summed E-state index contributed by atoms with van der Waals surface area (Å²) in [6.45, 7) is 15.8. The van der Waals surface area contributed by atoms with Gasteiger partial charge < -0.3 is 29.7 Å². The summed E-state index contributed by atoms with van der Waals surface area (Å²) in [4.78, 5) is 62.6. The van der Waals surface area contributed by atoms with Crippen LogP contribution in [0, 0.1) is 18.3 Å². The number of likely N-dealkylation sites (tertiary alicyclic amines) is 1. The molecule has 14 nitrogen and oxygen atoms in total. The second-order valence-electron chi connectivity index (χ2n) is 17.4. The van der Waals surface area contributed by atoms with Crippen LogP contribution in [0.5, 0.6) is 11.5 Å². The maximum absolute atomic E-state index is 14.8. The van der Waals surface area contributed by atoms with E-state index in [2.05, 4.69) is 21.9 Å². The van der Waals surface area contributed by atoms with Crippen LogP contribution in [0.15, 0.2) is 96.4 Å². The third-order valence-corrected chi connectivity index (χ3v) is 12.1. The van der Waals surface area contributed by atoms with Crippen molar-refractivity contribution in [2.45, 2.75) is 95.5 Å². The molecular formula is C45H53N5O9S. The SMILES string of the molecule is C=CC1C[C@]1(NC(=O)[C@@H]1C[C@@H](Oc2cc(-c3ccccc3)nc3cc(OC)ccc23)CN1C(=O)C(NC(=O)OC(C)(C)C)C(C)(C)C)C(=O)NS(=O)(=O)c1ccccc1C. The first-order valence-electron chi connectivity index (χ1n) is 19.7. The number of hydrogen-bond donors (Lipinski definition) is 3. The molecule has 1 saturated carbocycles. The highest BCUT2D eigenvalue weighted by Crippen LogP contribution is 2.45. The zero-order valence-corrected chi connectivity index (χ0v) is 36.0. The van der Waals surface area contributed by atoms with Crippen molar-refractivity contribution in [2.24, 2.45) is 11.3 Å². The number of aromatic nitrogens is 1. The zero-order valence-electron chi connectivity index (χ0n) is 35.2. The fourth-order valence-corrected chi connectivity index (χ4v) is 8.70. The van der Waals surface area contributed by atoms with E-state index in [1.54, 1.807) is 92.0 Å². The van der Waals surface area contributed by atoms with E-state index in [0.29, 0.717) is 33.7 Å². The van der Waals surface area contributed by atoms with Crippen molar-refractivity contribution in [3.8, 4) is 22.8 Å². The van der Waals surface area contributed by atoms with Crippen molar-refractivity contribution in [3.63, 3.8) is 0 Å². The van der Waals surface area contributed by atoms with Gasteiger partial charge in [-0.15, -0.1) is 6.58 Å². The number of benzene rings is 3. The average molecular weight is 840 g/mol. The van der Waals surface area contributed by atoms with Gasteiger partial charge in [-0.05, 0) is 63.3 Å². The van der Waals surface area contributed by atoms with E-state index in [0.717, 1.165) is 5.56 Å². The molecule has 2 unspecified atom stereocenters. The number of fused-ring (bicyclic) bond motifs is 1. The Labute approximate surface area is 351 Å². The van der Waals surface area contributed by atoms with E-state index in [9.17, 15) is 27.6 Å². The molecular weight excluding hydrogens is 787 g/mol. The highest BCUT2D eigenvalue weighted by Gasteiger charge is 2.61. The number of rotatable bonds is 12. The molecule has 15 heteroatoms. The van der Waals surface area contributed by atoms with Crippen molar-refractivity contribution in [1.29, 1.82) is 0 Å². The van der Waals surface area contributed by atoms with E-state index in [1.807, 2.05) is 36.4 Å². The fourth-order valence-electron chi connectivity index (χ4n) is 7.42. The van der Waals surface area contributed by atoms with Crippen molar-refractivity contribution in [1.82, 2.24) is 25.2 Å². The molecule has 0 bridgehead atoms. The number of nitrogens with one attached hydrogen (secondary N) is 3. The molecule has 0 spiro atoms. The lowest BCUT2D eigenvalue weighted by Crippen LogP contribution is -2.60. The number of amides is 4. The number of carbonyl (C=O) groups excluding carboxylic acids is 4. The van der Waals surface area contributed by atoms with Crippen molar-refractivity contribution in [2.75, 3.05) is 13.7 Å². The third-order valence-electron chi connectivity index (χ3n) is 10.6. The first kappa shape index (κ1) is 43.6. The van der Waals surface area contributed by atoms with Gasteiger partial charge in [-0.2, -0.15) is 0 Å². The molecule has 3 aromatic carbocycles. The smallest absolute Gasteiger partial charge is 0.408 e. The number of pyridine rings is 1. The van der Waals surface area contributed by atoms with Crippen LogP contribution in [0.4, 0.5) is 4.79 Å². The van der Waals surface area contributed by atoms with Gasteiger partial charge in [-0.1, -0.05) is 75.4 Å². The lowest BCUT2D eigenvalue weighted by atomic mass is 9.85. The van der Waals surface area contributed by atoms with Crippen molar-refractivity contribution in [3.05, 3.63) is 97.1 Å². The third kappa shape index (κ3) is 9.41. The molecule has 1 aliphatic carbocycles. The minimum Gasteiger partial charge on any atom is -0.497 e. The normalized spacial score (nSPS) is 20.7. The summed E-state index contributed by atoms with van der Waals surface area (Å²) < 4.78 is 46.7. The number of aryl methyl sites for hydroxylation is 1. The van der Waals surface area contributed by atoms with Gasteiger partial charge >= 0.3 is 6.09 Å². The lowest BCUT2D eigenvalue weighted by molar-refractivity contribution is -0.143. The standard InChI is InChI=1S/C45H53N5O9S/c1-10-29-25-45(29,41(53)49-60(55,56)37-19-15-14-16-27(37)2)48-39(51)35-23-31(26-50(35)40(52)38(43(3,4)5)47-42(54)59-44(6,7)8)58-36-24-33(28-17-12-11-13-18-28)46-34-22-30(57-9)20-21-32(34)36/h10-22,24,29,31,35,38H,1,23,25-26H2,2-9H3,(H,47,54)(H,48,51)(H,49,53)/t29?,31-,35+,38?,45-/m1/s1. The number of methoxy groups -OCH3 is 1. The number of sulfonamides is 1. The number of ether oxygens (including phenoxy) is 3. The highest BCUT2D eigenvalue weighted by atomic mass is 32.2. The van der Waals surface area contributed by atoms with E-state index in [-0.39, 0.29) is 24.3 Å². The summed E-state index contributed by atoms with van der Waals surface area (Å²) in [5.41, 5.74) is -0.878. The zero-order chi connectivity index (χ0) is 43.8. The Morgan fingerprint density at radius 3 is 2.27 bits per heavy atom. The van der Waals surface area contributed by atoms with Gasteiger partial charge in [-0.3, -0.25) is 14.4 Å². The molecule has 2 heterocycles. The van der Waals surface area contributed by atoms with Crippen molar-refractivity contribution < 1.29 is 41.8 Å². The van der Waals surface area contributed by atoms with Gasteiger partial charge in [0.2, 0.25) is 11.8 Å². The van der Waals surface area contributed by atoms with Crippen LogP contribution in [0.3, 0.4) is 0 Å². The molecule has 60 heavy (non-hydrogen) atoms. The van der Waals surface area contributed by atoms with Gasteiger partial charge in [0.1, 0.15) is 40.8 Å². The van der Waals surface area contributed by atoms with Crippen LogP contribution in [-0.2, 0) is 29.1 Å². The summed E-state index contributed by atoms with van der Waals surface area (Å²) in [5, 5.41) is 6.21. The minimum atomic E-state index is -4.32. The molecule has 4 amide bonds. The molecule has 5 atom stereocenters. The maximum Gasteiger partial charge on any atom is 0.408 e. The number of carbonyl (C=O) groups is 4. The Balaban J connectivity index is 1.35. The predicted octanol–water partition coefficient (Wildman–Crippen LogP) is 6.07. The number of alkyl carbamates (subject to hydrolysis) is 1. The van der Waals surface area contributed by atoms with Crippen LogP contribution >= 0.6 is 0 Å². The van der Waals surface area contributed by atoms with Gasteiger partial charge in [0, 0.05) is 35.4 Å². The summed E-state index contributed by atoms with van der Waals surface area (Å²) in [5.74, 6) is -1.77. The molecule has 4 aromatic rings. The van der Waals surface area contributed by atoms with E-state index in [1.165, 1.54) is 17.0 Å². The molecule has 3 N–H and O–H groups in total. The lowest BCUT2D eigenvalue weighted by Gasteiger charge is -2.36. The monoisotopic (exact) mass is 839 g/mol. The molecule has 0 radical (unpaired) electrons.